The SMILES string of the molecule is O=C(CC1CC1)N1CCCC(Cc2ccnc3ccncc23)CC1. The van der Waals surface area contributed by atoms with Crippen molar-refractivity contribution in [1.29, 1.82) is 0 Å². The third-order valence-corrected chi connectivity index (χ3v) is 5.50. The second-order valence-corrected chi connectivity index (χ2v) is 7.39. The zero-order valence-electron chi connectivity index (χ0n) is 14.2. The molecule has 1 saturated carbocycles. The summed E-state index contributed by atoms with van der Waals surface area (Å²) in [5.74, 6) is 1.72. The quantitative estimate of drug-likeness (QED) is 0.863. The average molecular weight is 323 g/mol. The van der Waals surface area contributed by atoms with E-state index in [-0.39, 0.29) is 0 Å². The monoisotopic (exact) mass is 323 g/mol. The number of pyridine rings is 2. The molecule has 4 heteroatoms. The summed E-state index contributed by atoms with van der Waals surface area (Å²) in [5, 5.41) is 1.17. The van der Waals surface area contributed by atoms with Crippen LogP contribution in [0, 0.1) is 11.8 Å². The standard InChI is InChI=1S/C20H25N3O/c24-20(13-16-3-4-16)23-10-1-2-15(7-11-23)12-17-5-9-22-19-6-8-21-14-18(17)19/h5-6,8-9,14-16H,1-4,7,10-13H2. The fourth-order valence-electron chi connectivity index (χ4n) is 3.85. The minimum absolute atomic E-state index is 0.386. The average Bonchev–Trinajstić information content (AvgIpc) is 3.42. The Balaban J connectivity index is 1.40. The smallest absolute Gasteiger partial charge is 0.222 e. The minimum Gasteiger partial charge on any atom is -0.343 e. The van der Waals surface area contributed by atoms with Crippen molar-refractivity contribution in [3.05, 3.63) is 36.3 Å². The van der Waals surface area contributed by atoms with Gasteiger partial charge in [-0.15, -0.1) is 0 Å². The maximum absolute atomic E-state index is 12.4. The van der Waals surface area contributed by atoms with Gasteiger partial charge in [0.2, 0.25) is 5.91 Å². The highest BCUT2D eigenvalue weighted by molar-refractivity contribution is 5.80. The predicted octanol–water partition coefficient (Wildman–Crippen LogP) is 3.60. The molecule has 1 saturated heterocycles. The molecule has 2 fully saturated rings. The van der Waals surface area contributed by atoms with Crippen molar-refractivity contribution in [2.24, 2.45) is 11.8 Å². The summed E-state index contributed by atoms with van der Waals surface area (Å²) in [6.07, 6.45) is 13.4. The molecule has 1 aliphatic heterocycles. The van der Waals surface area contributed by atoms with Crippen LogP contribution in [0.3, 0.4) is 0 Å². The zero-order valence-corrected chi connectivity index (χ0v) is 14.2. The number of amides is 1. The van der Waals surface area contributed by atoms with Crippen molar-refractivity contribution >= 4 is 16.8 Å². The number of likely N-dealkylation sites (tertiary alicyclic amines) is 1. The van der Waals surface area contributed by atoms with Crippen LogP contribution in [0.15, 0.2) is 30.7 Å². The summed E-state index contributed by atoms with van der Waals surface area (Å²) in [5.41, 5.74) is 2.37. The molecular weight excluding hydrogens is 298 g/mol. The minimum atomic E-state index is 0.386. The van der Waals surface area contributed by atoms with Crippen molar-refractivity contribution in [1.82, 2.24) is 14.9 Å². The Labute approximate surface area is 143 Å². The first-order valence-electron chi connectivity index (χ1n) is 9.25. The number of carbonyl (C=O) groups excluding carboxylic acids is 1. The molecule has 3 heterocycles. The highest BCUT2D eigenvalue weighted by Crippen LogP contribution is 2.33. The van der Waals surface area contributed by atoms with E-state index in [1.54, 1.807) is 6.20 Å². The molecule has 0 spiro atoms. The fraction of sp³-hybridized carbons (Fsp3) is 0.550. The molecule has 1 unspecified atom stereocenters. The number of fused-ring (bicyclic) bond motifs is 1. The van der Waals surface area contributed by atoms with Crippen molar-refractivity contribution in [3.63, 3.8) is 0 Å². The van der Waals surface area contributed by atoms with E-state index in [2.05, 4.69) is 20.9 Å². The van der Waals surface area contributed by atoms with Gasteiger partial charge in [0.15, 0.2) is 0 Å². The molecule has 24 heavy (non-hydrogen) atoms. The van der Waals surface area contributed by atoms with Gasteiger partial charge in [-0.05, 0) is 68.1 Å². The zero-order chi connectivity index (χ0) is 16.4. The molecule has 4 rings (SSSR count). The molecule has 2 aromatic rings. The van der Waals surface area contributed by atoms with Crippen LogP contribution in [0.25, 0.3) is 10.9 Å². The molecule has 126 valence electrons. The van der Waals surface area contributed by atoms with Crippen molar-refractivity contribution < 1.29 is 4.79 Å². The van der Waals surface area contributed by atoms with Gasteiger partial charge in [0, 0.05) is 43.5 Å². The number of hydrogen-bond acceptors (Lipinski definition) is 3. The van der Waals surface area contributed by atoms with E-state index in [0.29, 0.717) is 17.7 Å². The summed E-state index contributed by atoms with van der Waals surface area (Å²) in [4.78, 5) is 23.2. The predicted molar refractivity (Wildman–Crippen MR) is 94.5 cm³/mol. The Morgan fingerprint density at radius 3 is 2.88 bits per heavy atom. The molecule has 0 bridgehead atoms. The number of carbonyl (C=O) groups is 1. The Kier molecular flexibility index (Phi) is 4.46. The van der Waals surface area contributed by atoms with Gasteiger partial charge in [-0.3, -0.25) is 14.8 Å². The van der Waals surface area contributed by atoms with Crippen LogP contribution in [0.5, 0.6) is 0 Å². The van der Waals surface area contributed by atoms with Crippen molar-refractivity contribution in [2.45, 2.75) is 44.9 Å². The van der Waals surface area contributed by atoms with Gasteiger partial charge in [-0.25, -0.2) is 0 Å². The van der Waals surface area contributed by atoms with E-state index >= 15 is 0 Å². The summed E-state index contributed by atoms with van der Waals surface area (Å²) >= 11 is 0. The number of aromatic nitrogens is 2. The Bertz CT molecular complexity index is 720. The number of hydrogen-bond donors (Lipinski definition) is 0. The molecule has 0 aromatic carbocycles. The maximum Gasteiger partial charge on any atom is 0.222 e. The molecular formula is C20H25N3O. The van der Waals surface area contributed by atoms with Crippen LogP contribution in [-0.4, -0.2) is 33.9 Å². The van der Waals surface area contributed by atoms with Crippen LogP contribution >= 0.6 is 0 Å². The lowest BCUT2D eigenvalue weighted by atomic mass is 9.92. The topological polar surface area (TPSA) is 46.1 Å². The van der Waals surface area contributed by atoms with E-state index in [4.69, 9.17) is 0 Å². The molecule has 0 N–H and O–H groups in total. The van der Waals surface area contributed by atoms with E-state index < -0.39 is 0 Å². The molecule has 1 aliphatic carbocycles. The summed E-state index contributed by atoms with van der Waals surface area (Å²) in [6, 6.07) is 4.11. The third-order valence-electron chi connectivity index (χ3n) is 5.50. The molecule has 4 nitrogen and oxygen atoms in total. The van der Waals surface area contributed by atoms with Gasteiger partial charge < -0.3 is 4.90 Å². The highest BCUT2D eigenvalue weighted by Gasteiger charge is 2.28. The van der Waals surface area contributed by atoms with Gasteiger partial charge in [0.1, 0.15) is 0 Å². The van der Waals surface area contributed by atoms with Crippen molar-refractivity contribution in [3.8, 4) is 0 Å². The van der Waals surface area contributed by atoms with Gasteiger partial charge in [0.25, 0.3) is 0 Å². The first-order valence-corrected chi connectivity index (χ1v) is 9.25. The van der Waals surface area contributed by atoms with Crippen LogP contribution in [0.4, 0.5) is 0 Å². The normalized spacial score (nSPS) is 21.7. The van der Waals surface area contributed by atoms with Crippen LogP contribution < -0.4 is 0 Å². The molecule has 1 amide bonds. The lowest BCUT2D eigenvalue weighted by molar-refractivity contribution is -0.131. The Hall–Kier alpha value is -1.97. The van der Waals surface area contributed by atoms with Gasteiger partial charge in [-0.1, -0.05) is 0 Å². The van der Waals surface area contributed by atoms with Crippen LogP contribution in [0.1, 0.15) is 44.1 Å². The number of rotatable bonds is 4. The Morgan fingerprint density at radius 2 is 2.00 bits per heavy atom. The van der Waals surface area contributed by atoms with E-state index in [1.165, 1.54) is 30.2 Å². The van der Waals surface area contributed by atoms with Crippen LogP contribution in [0.2, 0.25) is 0 Å². The maximum atomic E-state index is 12.4. The second kappa shape index (κ2) is 6.88. The first kappa shape index (κ1) is 15.6. The van der Waals surface area contributed by atoms with Gasteiger partial charge >= 0.3 is 0 Å². The van der Waals surface area contributed by atoms with Gasteiger partial charge in [0.05, 0.1) is 5.52 Å². The summed E-state index contributed by atoms with van der Waals surface area (Å²) in [7, 11) is 0. The van der Waals surface area contributed by atoms with E-state index in [9.17, 15) is 4.79 Å². The van der Waals surface area contributed by atoms with Crippen molar-refractivity contribution in [2.75, 3.05) is 13.1 Å². The van der Waals surface area contributed by atoms with Gasteiger partial charge in [-0.2, -0.15) is 0 Å². The van der Waals surface area contributed by atoms with E-state index in [1.807, 2.05) is 18.5 Å². The third kappa shape index (κ3) is 3.58. The van der Waals surface area contributed by atoms with E-state index in [0.717, 1.165) is 44.3 Å². The lowest BCUT2D eigenvalue weighted by Gasteiger charge is -2.20. The highest BCUT2D eigenvalue weighted by atomic mass is 16.2. The Morgan fingerprint density at radius 1 is 1.08 bits per heavy atom. The lowest BCUT2D eigenvalue weighted by Crippen LogP contribution is -2.32. The molecule has 2 aromatic heterocycles. The second-order valence-electron chi connectivity index (χ2n) is 7.39. The van der Waals surface area contributed by atoms with Crippen LogP contribution in [-0.2, 0) is 11.2 Å². The summed E-state index contributed by atoms with van der Waals surface area (Å²) < 4.78 is 0. The molecule has 2 aliphatic rings. The molecule has 0 radical (unpaired) electrons. The largest absolute Gasteiger partial charge is 0.343 e. The summed E-state index contributed by atoms with van der Waals surface area (Å²) in [6.45, 7) is 1.87. The molecule has 1 atom stereocenters. The fourth-order valence-corrected chi connectivity index (χ4v) is 3.85. The number of nitrogens with zero attached hydrogens (tertiary/aromatic N) is 3. The first-order chi connectivity index (χ1) is 11.8.